The van der Waals surface area contributed by atoms with Crippen LogP contribution in [0.5, 0.6) is 0 Å². The summed E-state index contributed by atoms with van der Waals surface area (Å²) >= 11 is 5.94. The summed E-state index contributed by atoms with van der Waals surface area (Å²) in [5.41, 5.74) is 2.04. The first-order valence-electron chi connectivity index (χ1n) is 5.98. The molecule has 0 fully saturated rings. The van der Waals surface area contributed by atoms with Crippen molar-refractivity contribution < 1.29 is 65.7 Å². The standard InChI is InChI=1S/C15H13ClFNO2.K/c1-9-5-6-13(10(7-9)8-14(19)20)18-15-11(16)3-2-4-12(15)17;/h2-7,18H,8H2,1H3,(H,19,20);/q;+1/p-1. The number of hydrogen-bond donors (Lipinski definition) is 1. The minimum atomic E-state index is -1.20. The molecule has 0 radical (unpaired) electrons. The Labute approximate surface area is 169 Å². The molecule has 3 nitrogen and oxygen atoms in total. The van der Waals surface area contributed by atoms with E-state index in [2.05, 4.69) is 5.32 Å². The zero-order valence-electron chi connectivity index (χ0n) is 11.7. The van der Waals surface area contributed by atoms with Gasteiger partial charge in [0.1, 0.15) is 5.82 Å². The Balaban J connectivity index is 0.00000220. The molecule has 0 atom stereocenters. The summed E-state index contributed by atoms with van der Waals surface area (Å²) in [6.45, 7) is 1.85. The number of hydrogen-bond acceptors (Lipinski definition) is 3. The minimum Gasteiger partial charge on any atom is -0.550 e. The van der Waals surface area contributed by atoms with Crippen molar-refractivity contribution in [3.05, 3.63) is 58.4 Å². The van der Waals surface area contributed by atoms with E-state index in [1.807, 2.05) is 6.92 Å². The van der Waals surface area contributed by atoms with Gasteiger partial charge < -0.3 is 15.2 Å². The first-order chi connectivity index (χ1) is 9.47. The number of halogens is 2. The van der Waals surface area contributed by atoms with Gasteiger partial charge >= 0.3 is 51.4 Å². The zero-order valence-corrected chi connectivity index (χ0v) is 15.6. The molecular formula is C15H12ClFKNO2. The van der Waals surface area contributed by atoms with Crippen molar-refractivity contribution in [1.82, 2.24) is 0 Å². The summed E-state index contributed by atoms with van der Waals surface area (Å²) in [6.07, 6.45) is -0.254. The Kier molecular flexibility index (Phi) is 7.33. The van der Waals surface area contributed by atoms with Crippen molar-refractivity contribution in [2.75, 3.05) is 5.32 Å². The van der Waals surface area contributed by atoms with Crippen LogP contribution in [0.25, 0.3) is 0 Å². The molecule has 0 unspecified atom stereocenters. The van der Waals surface area contributed by atoms with Gasteiger partial charge in [0.15, 0.2) is 0 Å². The molecule has 2 aromatic rings. The van der Waals surface area contributed by atoms with Gasteiger partial charge in [-0.05, 0) is 30.7 Å². The maximum atomic E-state index is 13.7. The van der Waals surface area contributed by atoms with Gasteiger partial charge in [0, 0.05) is 18.1 Å². The number of anilines is 2. The normalized spacial score (nSPS) is 9.86. The first-order valence-corrected chi connectivity index (χ1v) is 6.35. The molecule has 6 heteroatoms. The Morgan fingerprint density at radius 1 is 1.33 bits per heavy atom. The van der Waals surface area contributed by atoms with E-state index >= 15 is 0 Å². The van der Waals surface area contributed by atoms with Gasteiger partial charge in [-0.1, -0.05) is 35.4 Å². The Hall–Kier alpha value is -0.434. The van der Waals surface area contributed by atoms with Gasteiger partial charge in [-0.3, -0.25) is 0 Å². The minimum absolute atomic E-state index is 0. The molecule has 0 aromatic heterocycles. The van der Waals surface area contributed by atoms with Crippen molar-refractivity contribution >= 4 is 28.9 Å². The summed E-state index contributed by atoms with van der Waals surface area (Å²) in [4.78, 5) is 10.8. The van der Waals surface area contributed by atoms with Crippen molar-refractivity contribution in [2.24, 2.45) is 0 Å². The average molecular weight is 332 g/mol. The maximum Gasteiger partial charge on any atom is 1.00 e. The van der Waals surface area contributed by atoms with E-state index in [4.69, 9.17) is 11.6 Å². The van der Waals surface area contributed by atoms with E-state index in [1.165, 1.54) is 12.1 Å². The van der Waals surface area contributed by atoms with E-state index in [-0.39, 0.29) is 68.5 Å². The van der Waals surface area contributed by atoms with Gasteiger partial charge in [-0.25, -0.2) is 4.39 Å². The molecular weight excluding hydrogens is 320 g/mol. The quantitative estimate of drug-likeness (QED) is 0.791. The van der Waals surface area contributed by atoms with Crippen molar-refractivity contribution in [2.45, 2.75) is 13.3 Å². The van der Waals surface area contributed by atoms with Crippen LogP contribution < -0.4 is 61.8 Å². The van der Waals surface area contributed by atoms with Gasteiger partial charge in [-0.15, -0.1) is 0 Å². The summed E-state index contributed by atoms with van der Waals surface area (Å²) in [5, 5.41) is 13.8. The molecule has 0 aliphatic carbocycles. The fourth-order valence-corrected chi connectivity index (χ4v) is 2.11. The van der Waals surface area contributed by atoms with Gasteiger partial charge in [0.25, 0.3) is 0 Å². The number of carbonyl (C=O) groups is 1. The maximum absolute atomic E-state index is 13.7. The Bertz CT molecular complexity index is 644. The molecule has 0 aliphatic rings. The molecule has 1 N–H and O–H groups in total. The number of para-hydroxylation sites is 1. The van der Waals surface area contributed by atoms with Crippen LogP contribution in [-0.4, -0.2) is 5.97 Å². The molecule has 21 heavy (non-hydrogen) atoms. The van der Waals surface area contributed by atoms with Crippen molar-refractivity contribution in [3.8, 4) is 0 Å². The largest absolute Gasteiger partial charge is 1.00 e. The van der Waals surface area contributed by atoms with Crippen LogP contribution in [0.3, 0.4) is 0 Å². The third kappa shape index (κ3) is 5.05. The summed E-state index contributed by atoms with van der Waals surface area (Å²) in [6, 6.07) is 9.54. The van der Waals surface area contributed by atoms with E-state index in [9.17, 15) is 14.3 Å². The second-order valence-electron chi connectivity index (χ2n) is 4.43. The number of carboxylic acids is 1. The van der Waals surface area contributed by atoms with E-state index in [0.29, 0.717) is 11.3 Å². The number of carbonyl (C=O) groups excluding carboxylic acids is 1. The predicted octanol–water partition coefficient (Wildman–Crippen LogP) is -0.172. The number of nitrogens with one attached hydrogen (secondary N) is 1. The second-order valence-corrected chi connectivity index (χ2v) is 4.84. The molecule has 2 rings (SSSR count). The van der Waals surface area contributed by atoms with Crippen LogP contribution in [0.2, 0.25) is 5.02 Å². The SMILES string of the molecule is Cc1ccc(Nc2c(F)cccc2Cl)c(CC(=O)[O-])c1.[K+]. The van der Waals surface area contributed by atoms with Crippen LogP contribution >= 0.6 is 11.6 Å². The van der Waals surface area contributed by atoms with Gasteiger partial charge in [0.05, 0.1) is 10.7 Å². The Morgan fingerprint density at radius 2 is 2.05 bits per heavy atom. The molecule has 104 valence electrons. The van der Waals surface area contributed by atoms with E-state index in [0.717, 1.165) is 5.56 Å². The number of rotatable bonds is 4. The summed E-state index contributed by atoms with van der Waals surface area (Å²) < 4.78 is 13.7. The zero-order chi connectivity index (χ0) is 14.7. The number of aryl methyl sites for hydroxylation is 1. The van der Waals surface area contributed by atoms with Crippen LogP contribution in [0, 0.1) is 12.7 Å². The molecule has 0 spiro atoms. The molecule has 0 saturated heterocycles. The molecule has 0 heterocycles. The molecule has 0 amide bonds. The molecule has 0 saturated carbocycles. The number of carboxylic acid groups (broad SMARTS) is 1. The van der Waals surface area contributed by atoms with Gasteiger partial charge in [0.2, 0.25) is 0 Å². The van der Waals surface area contributed by atoms with Gasteiger partial charge in [-0.2, -0.15) is 0 Å². The predicted molar refractivity (Wildman–Crippen MR) is 74.6 cm³/mol. The third-order valence-electron chi connectivity index (χ3n) is 2.82. The third-order valence-corrected chi connectivity index (χ3v) is 3.13. The number of aliphatic carboxylic acids is 1. The summed E-state index contributed by atoms with van der Waals surface area (Å²) in [5.74, 6) is -1.70. The van der Waals surface area contributed by atoms with E-state index < -0.39 is 11.8 Å². The van der Waals surface area contributed by atoms with Crippen molar-refractivity contribution in [3.63, 3.8) is 0 Å². The summed E-state index contributed by atoms with van der Waals surface area (Å²) in [7, 11) is 0. The monoisotopic (exact) mass is 331 g/mol. The molecule has 0 aliphatic heterocycles. The van der Waals surface area contributed by atoms with Crippen LogP contribution in [0.1, 0.15) is 11.1 Å². The fraction of sp³-hybridized carbons (Fsp3) is 0.133. The average Bonchev–Trinajstić information content (AvgIpc) is 2.35. The fourth-order valence-electron chi connectivity index (χ4n) is 1.90. The van der Waals surface area contributed by atoms with Crippen LogP contribution in [0.4, 0.5) is 15.8 Å². The van der Waals surface area contributed by atoms with Crippen LogP contribution in [-0.2, 0) is 11.2 Å². The number of benzene rings is 2. The first kappa shape index (κ1) is 18.6. The topological polar surface area (TPSA) is 52.2 Å². The molecule has 2 aromatic carbocycles. The van der Waals surface area contributed by atoms with Crippen LogP contribution in [0.15, 0.2) is 36.4 Å². The Morgan fingerprint density at radius 3 is 2.67 bits per heavy atom. The van der Waals surface area contributed by atoms with Crippen molar-refractivity contribution in [1.29, 1.82) is 0 Å². The van der Waals surface area contributed by atoms with E-state index in [1.54, 1.807) is 24.3 Å². The second kappa shape index (κ2) is 8.27. The smallest absolute Gasteiger partial charge is 0.550 e. The molecule has 0 bridgehead atoms.